The van der Waals surface area contributed by atoms with Gasteiger partial charge in [-0.25, -0.2) is 0 Å². The summed E-state index contributed by atoms with van der Waals surface area (Å²) >= 11 is 0. The van der Waals surface area contributed by atoms with Gasteiger partial charge in [0.05, 0.1) is 7.85 Å². The summed E-state index contributed by atoms with van der Waals surface area (Å²) in [6.45, 7) is 5.90. The Morgan fingerprint density at radius 1 is 1.67 bits per heavy atom. The van der Waals surface area contributed by atoms with Crippen LogP contribution in [0.2, 0.25) is 6.32 Å². The van der Waals surface area contributed by atoms with Gasteiger partial charge in [-0.2, -0.15) is 0 Å². The van der Waals surface area contributed by atoms with Gasteiger partial charge in [-0.1, -0.05) is 32.2 Å². The van der Waals surface area contributed by atoms with Gasteiger partial charge in [0, 0.05) is 0 Å². The third kappa shape index (κ3) is 4.32. The summed E-state index contributed by atoms with van der Waals surface area (Å²) in [5.74, 6) is 0.546. The van der Waals surface area contributed by atoms with Gasteiger partial charge in [0.1, 0.15) is 0 Å². The van der Waals surface area contributed by atoms with E-state index in [2.05, 4.69) is 13.5 Å². The van der Waals surface area contributed by atoms with Crippen molar-refractivity contribution in [3.8, 4) is 0 Å². The fraction of sp³-hybridized carbons (Fsp3) is 0.750. The standard InChI is InChI=1S/C8H15B/c1-3-5-6-8(4-2)7-9/h4,8H,2-3,5-7H2,1H3. The highest BCUT2D eigenvalue weighted by atomic mass is 14.0. The second-order valence-corrected chi connectivity index (χ2v) is 2.37. The van der Waals surface area contributed by atoms with E-state index >= 15 is 0 Å². The summed E-state index contributed by atoms with van der Waals surface area (Å²) in [4.78, 5) is 0. The zero-order valence-electron chi connectivity index (χ0n) is 6.27. The van der Waals surface area contributed by atoms with Crippen LogP contribution in [0.4, 0.5) is 0 Å². The van der Waals surface area contributed by atoms with Crippen molar-refractivity contribution in [2.75, 3.05) is 0 Å². The molecule has 1 heteroatoms. The van der Waals surface area contributed by atoms with Gasteiger partial charge in [-0.3, -0.25) is 0 Å². The fourth-order valence-electron chi connectivity index (χ4n) is 0.798. The average Bonchev–Trinajstić information content (AvgIpc) is 1.91. The zero-order valence-corrected chi connectivity index (χ0v) is 6.27. The van der Waals surface area contributed by atoms with Gasteiger partial charge in [-0.05, 0) is 12.3 Å². The first-order chi connectivity index (χ1) is 4.35. The maximum Gasteiger partial charge on any atom is 0.0660 e. The monoisotopic (exact) mass is 122 g/mol. The molecule has 1 atom stereocenters. The Bertz CT molecular complexity index is 69.0. The van der Waals surface area contributed by atoms with Crippen molar-refractivity contribution in [3.63, 3.8) is 0 Å². The van der Waals surface area contributed by atoms with E-state index in [4.69, 9.17) is 7.85 Å². The molecular formula is C8H15B. The molecule has 0 fully saturated rings. The Hall–Kier alpha value is -0.195. The molecule has 0 N–H and O–H groups in total. The first-order valence-corrected chi connectivity index (χ1v) is 3.67. The van der Waals surface area contributed by atoms with Crippen LogP contribution in [0, 0.1) is 5.92 Å². The van der Waals surface area contributed by atoms with Crippen LogP contribution in [0.5, 0.6) is 0 Å². The molecule has 2 radical (unpaired) electrons. The lowest BCUT2D eigenvalue weighted by molar-refractivity contribution is 0.599. The molecule has 0 aromatic carbocycles. The van der Waals surface area contributed by atoms with Crippen LogP contribution in [0.25, 0.3) is 0 Å². The third-order valence-corrected chi connectivity index (χ3v) is 1.56. The normalized spacial score (nSPS) is 13.0. The van der Waals surface area contributed by atoms with Gasteiger partial charge in [0.25, 0.3) is 0 Å². The highest BCUT2D eigenvalue weighted by molar-refractivity contribution is 6.08. The van der Waals surface area contributed by atoms with E-state index in [9.17, 15) is 0 Å². The van der Waals surface area contributed by atoms with Crippen molar-refractivity contribution in [2.24, 2.45) is 5.92 Å². The second kappa shape index (κ2) is 5.93. The highest BCUT2D eigenvalue weighted by Crippen LogP contribution is 2.11. The highest BCUT2D eigenvalue weighted by Gasteiger charge is 1.97. The largest absolute Gasteiger partial charge is 0.103 e. The van der Waals surface area contributed by atoms with Gasteiger partial charge in [0.15, 0.2) is 0 Å². The van der Waals surface area contributed by atoms with Crippen LogP contribution in [-0.2, 0) is 0 Å². The fourth-order valence-corrected chi connectivity index (χ4v) is 0.798. The maximum atomic E-state index is 5.45. The van der Waals surface area contributed by atoms with Gasteiger partial charge >= 0.3 is 0 Å². The third-order valence-electron chi connectivity index (χ3n) is 1.56. The Labute approximate surface area is 59.8 Å². The van der Waals surface area contributed by atoms with E-state index in [1.54, 1.807) is 0 Å². The number of hydrogen-bond donors (Lipinski definition) is 0. The van der Waals surface area contributed by atoms with Gasteiger partial charge in [-0.15, -0.1) is 6.58 Å². The summed E-state index contributed by atoms with van der Waals surface area (Å²) in [5.41, 5.74) is 0. The minimum Gasteiger partial charge on any atom is -0.103 e. The van der Waals surface area contributed by atoms with Crippen LogP contribution in [-0.4, -0.2) is 7.85 Å². The number of rotatable bonds is 5. The number of unbranched alkanes of at least 4 members (excludes halogenated alkanes) is 1. The number of hydrogen-bond acceptors (Lipinski definition) is 0. The summed E-state index contributed by atoms with van der Waals surface area (Å²) in [7, 11) is 5.45. The van der Waals surface area contributed by atoms with Crippen molar-refractivity contribution in [1.82, 2.24) is 0 Å². The van der Waals surface area contributed by atoms with Gasteiger partial charge < -0.3 is 0 Å². The molecule has 9 heavy (non-hydrogen) atoms. The molecule has 50 valence electrons. The molecule has 0 aliphatic rings. The lowest BCUT2D eigenvalue weighted by Gasteiger charge is -2.06. The van der Waals surface area contributed by atoms with E-state index < -0.39 is 0 Å². The summed E-state index contributed by atoms with van der Waals surface area (Å²) < 4.78 is 0. The zero-order chi connectivity index (χ0) is 7.11. The molecule has 0 aliphatic heterocycles. The molecule has 0 amide bonds. The smallest absolute Gasteiger partial charge is 0.0660 e. The molecule has 0 aromatic heterocycles. The van der Waals surface area contributed by atoms with Crippen LogP contribution in [0.1, 0.15) is 26.2 Å². The topological polar surface area (TPSA) is 0 Å². The van der Waals surface area contributed by atoms with Crippen molar-refractivity contribution in [2.45, 2.75) is 32.5 Å². The van der Waals surface area contributed by atoms with E-state index in [1.165, 1.54) is 19.3 Å². The average molecular weight is 122 g/mol. The molecule has 1 unspecified atom stereocenters. The molecule has 0 bridgehead atoms. The van der Waals surface area contributed by atoms with E-state index in [0.29, 0.717) is 5.92 Å². The van der Waals surface area contributed by atoms with Crippen molar-refractivity contribution in [1.29, 1.82) is 0 Å². The Kier molecular flexibility index (Phi) is 5.80. The van der Waals surface area contributed by atoms with Crippen LogP contribution < -0.4 is 0 Å². The van der Waals surface area contributed by atoms with Crippen LogP contribution >= 0.6 is 0 Å². The Morgan fingerprint density at radius 3 is 2.67 bits per heavy atom. The van der Waals surface area contributed by atoms with Crippen molar-refractivity contribution >= 4 is 7.85 Å². The summed E-state index contributed by atoms with van der Waals surface area (Å²) in [6, 6.07) is 0. The van der Waals surface area contributed by atoms with E-state index in [-0.39, 0.29) is 0 Å². The first kappa shape index (κ1) is 8.80. The lowest BCUT2D eigenvalue weighted by atomic mass is 9.88. The van der Waals surface area contributed by atoms with Crippen LogP contribution in [0.15, 0.2) is 12.7 Å². The molecule has 0 rings (SSSR count). The van der Waals surface area contributed by atoms with Crippen molar-refractivity contribution < 1.29 is 0 Å². The van der Waals surface area contributed by atoms with Gasteiger partial charge in [0.2, 0.25) is 0 Å². The minimum absolute atomic E-state index is 0.546. The Morgan fingerprint density at radius 2 is 2.33 bits per heavy atom. The molecule has 0 saturated carbocycles. The second-order valence-electron chi connectivity index (χ2n) is 2.37. The van der Waals surface area contributed by atoms with Crippen molar-refractivity contribution in [3.05, 3.63) is 12.7 Å². The lowest BCUT2D eigenvalue weighted by Crippen LogP contribution is -1.93. The maximum absolute atomic E-state index is 5.45. The number of allylic oxidation sites excluding steroid dienone is 1. The minimum atomic E-state index is 0.546. The molecule has 0 aromatic rings. The molecule has 0 aliphatic carbocycles. The molecule has 0 spiro atoms. The SMILES string of the molecule is [B]CC(C=C)CCCC. The van der Waals surface area contributed by atoms with Crippen LogP contribution in [0.3, 0.4) is 0 Å². The first-order valence-electron chi connectivity index (χ1n) is 3.67. The quantitative estimate of drug-likeness (QED) is 0.388. The molecule has 0 saturated heterocycles. The predicted molar refractivity (Wildman–Crippen MR) is 43.8 cm³/mol. The molecule has 0 heterocycles. The molecular weight excluding hydrogens is 107 g/mol. The van der Waals surface area contributed by atoms with E-state index in [0.717, 1.165) is 6.32 Å². The summed E-state index contributed by atoms with van der Waals surface area (Å²) in [6.07, 6.45) is 6.44. The van der Waals surface area contributed by atoms with E-state index in [1.807, 2.05) is 6.08 Å². The Balaban J connectivity index is 3.20. The summed E-state index contributed by atoms with van der Waals surface area (Å²) in [5, 5.41) is 0. The predicted octanol–water partition coefficient (Wildman–Crippen LogP) is 2.57. The molecule has 0 nitrogen and oxygen atoms in total.